The van der Waals surface area contributed by atoms with Crippen LogP contribution in [-0.2, 0) is 4.79 Å². The minimum absolute atomic E-state index is 0.0333. The van der Waals surface area contributed by atoms with Gasteiger partial charge in [-0.25, -0.2) is 0 Å². The minimum Gasteiger partial charge on any atom is -0.340 e. The number of thioether (sulfide) groups is 1. The molecule has 0 aliphatic carbocycles. The number of carbonyl (C=O) groups is 1. The third kappa shape index (κ3) is 3.36. The summed E-state index contributed by atoms with van der Waals surface area (Å²) in [4.78, 5) is 16.6. The van der Waals surface area contributed by atoms with Crippen LogP contribution >= 0.6 is 11.8 Å². The molecule has 2 aliphatic rings. The summed E-state index contributed by atoms with van der Waals surface area (Å²) in [7, 11) is 4.10. The summed E-state index contributed by atoms with van der Waals surface area (Å²) in [6.07, 6.45) is 2.35. The number of nitrogens with one attached hydrogen (secondary N) is 1. The highest BCUT2D eigenvalue weighted by Gasteiger charge is 2.29. The van der Waals surface area contributed by atoms with E-state index in [2.05, 4.69) is 17.3 Å². The Bertz CT molecular complexity index is 268. The van der Waals surface area contributed by atoms with Crippen LogP contribution in [0.15, 0.2) is 0 Å². The van der Waals surface area contributed by atoms with Crippen LogP contribution in [-0.4, -0.2) is 73.0 Å². The second kappa shape index (κ2) is 6.07. The number of likely N-dealkylation sites (tertiary alicyclic amines) is 1. The number of carbonyl (C=O) groups excluding carboxylic acids is 1. The lowest BCUT2D eigenvalue weighted by Gasteiger charge is -2.38. The summed E-state index contributed by atoms with van der Waals surface area (Å²) in [6.45, 7) is 3.14. The van der Waals surface area contributed by atoms with Crippen molar-refractivity contribution in [1.82, 2.24) is 15.1 Å². The normalized spacial score (nSPS) is 31.2. The van der Waals surface area contributed by atoms with Crippen LogP contribution in [0.2, 0.25) is 0 Å². The standard InChI is InChI=1S/C12H23N3OS/c1-14-6-3-4-10(8-14)15(2)12(16)11-9-17-7-5-13-11/h10-11,13H,3-9H2,1-2H3. The molecule has 0 aromatic rings. The molecule has 2 heterocycles. The summed E-state index contributed by atoms with van der Waals surface area (Å²) in [6, 6.07) is 0.431. The second-order valence-electron chi connectivity index (χ2n) is 5.09. The molecule has 2 saturated heterocycles. The van der Waals surface area contributed by atoms with Crippen LogP contribution in [0.25, 0.3) is 0 Å². The van der Waals surface area contributed by atoms with Crippen molar-refractivity contribution in [2.75, 3.05) is 45.2 Å². The van der Waals surface area contributed by atoms with Gasteiger partial charge < -0.3 is 15.1 Å². The zero-order valence-corrected chi connectivity index (χ0v) is 11.6. The Kier molecular flexibility index (Phi) is 4.70. The van der Waals surface area contributed by atoms with Gasteiger partial charge in [0, 0.05) is 37.7 Å². The number of hydrogen-bond donors (Lipinski definition) is 1. The van der Waals surface area contributed by atoms with Crippen LogP contribution < -0.4 is 5.32 Å². The van der Waals surface area contributed by atoms with Gasteiger partial charge in [-0.05, 0) is 26.4 Å². The molecule has 0 saturated carbocycles. The summed E-state index contributed by atoms with van der Waals surface area (Å²) in [5.74, 6) is 2.32. The molecule has 0 aromatic heterocycles. The lowest BCUT2D eigenvalue weighted by molar-refractivity contribution is -0.134. The number of rotatable bonds is 2. The van der Waals surface area contributed by atoms with Gasteiger partial charge >= 0.3 is 0 Å². The molecular formula is C12H23N3OS. The molecule has 98 valence electrons. The van der Waals surface area contributed by atoms with E-state index in [1.54, 1.807) is 0 Å². The van der Waals surface area contributed by atoms with E-state index in [0.29, 0.717) is 6.04 Å². The maximum absolute atomic E-state index is 12.3. The lowest BCUT2D eigenvalue weighted by Crippen LogP contribution is -2.55. The fourth-order valence-electron chi connectivity index (χ4n) is 2.61. The van der Waals surface area contributed by atoms with Crippen molar-refractivity contribution in [3.63, 3.8) is 0 Å². The fraction of sp³-hybridized carbons (Fsp3) is 0.917. The van der Waals surface area contributed by atoms with Crippen LogP contribution in [0.5, 0.6) is 0 Å². The van der Waals surface area contributed by atoms with E-state index in [0.717, 1.165) is 37.6 Å². The predicted molar refractivity (Wildman–Crippen MR) is 72.4 cm³/mol. The molecule has 1 amide bonds. The van der Waals surface area contributed by atoms with Gasteiger partial charge in [-0.15, -0.1) is 0 Å². The number of piperidine rings is 1. The molecule has 4 nitrogen and oxygen atoms in total. The molecule has 17 heavy (non-hydrogen) atoms. The van der Waals surface area contributed by atoms with E-state index in [4.69, 9.17) is 0 Å². The highest BCUT2D eigenvalue weighted by Crippen LogP contribution is 2.16. The van der Waals surface area contributed by atoms with Crippen LogP contribution in [0, 0.1) is 0 Å². The first-order valence-electron chi connectivity index (χ1n) is 6.45. The van der Waals surface area contributed by atoms with Gasteiger partial charge in [0.1, 0.15) is 0 Å². The van der Waals surface area contributed by atoms with Crippen LogP contribution in [0.1, 0.15) is 12.8 Å². The Morgan fingerprint density at radius 2 is 2.35 bits per heavy atom. The summed E-state index contributed by atoms with van der Waals surface area (Å²) < 4.78 is 0. The average Bonchev–Trinajstić information content (AvgIpc) is 2.38. The van der Waals surface area contributed by atoms with E-state index in [1.807, 2.05) is 23.7 Å². The highest BCUT2D eigenvalue weighted by atomic mass is 32.2. The predicted octanol–water partition coefficient (Wildman–Crippen LogP) is 0.244. The Morgan fingerprint density at radius 1 is 1.53 bits per heavy atom. The largest absolute Gasteiger partial charge is 0.340 e. The first kappa shape index (κ1) is 13.2. The number of nitrogens with zero attached hydrogens (tertiary/aromatic N) is 2. The fourth-order valence-corrected chi connectivity index (χ4v) is 3.53. The summed E-state index contributed by atoms with van der Waals surface area (Å²) >= 11 is 1.88. The van der Waals surface area contributed by atoms with Gasteiger partial charge in [0.15, 0.2) is 0 Å². The van der Waals surface area contributed by atoms with Crippen molar-refractivity contribution in [1.29, 1.82) is 0 Å². The van der Waals surface area contributed by atoms with E-state index in [-0.39, 0.29) is 11.9 Å². The quantitative estimate of drug-likeness (QED) is 0.769. The summed E-state index contributed by atoms with van der Waals surface area (Å²) in [5, 5.41) is 3.32. The third-order valence-electron chi connectivity index (χ3n) is 3.71. The minimum atomic E-state index is 0.0333. The molecule has 2 fully saturated rings. The number of hydrogen-bond acceptors (Lipinski definition) is 4. The van der Waals surface area contributed by atoms with Gasteiger partial charge in [-0.2, -0.15) is 11.8 Å². The van der Waals surface area contributed by atoms with Crippen LogP contribution in [0.4, 0.5) is 0 Å². The molecule has 2 rings (SSSR count). The zero-order chi connectivity index (χ0) is 12.3. The van der Waals surface area contributed by atoms with Crippen molar-refractivity contribution in [2.45, 2.75) is 24.9 Å². The second-order valence-corrected chi connectivity index (χ2v) is 6.24. The Balaban J connectivity index is 1.89. The lowest BCUT2D eigenvalue weighted by atomic mass is 10.0. The van der Waals surface area contributed by atoms with Crippen molar-refractivity contribution >= 4 is 17.7 Å². The van der Waals surface area contributed by atoms with Crippen molar-refractivity contribution in [2.24, 2.45) is 0 Å². The molecule has 0 spiro atoms. The van der Waals surface area contributed by atoms with Gasteiger partial charge in [-0.1, -0.05) is 0 Å². The number of amides is 1. The smallest absolute Gasteiger partial charge is 0.240 e. The summed E-state index contributed by atoms with van der Waals surface area (Å²) in [5.41, 5.74) is 0. The molecule has 0 radical (unpaired) electrons. The van der Waals surface area contributed by atoms with E-state index in [1.165, 1.54) is 6.42 Å². The molecule has 1 N–H and O–H groups in total. The Labute approximate surface area is 108 Å². The average molecular weight is 257 g/mol. The first-order chi connectivity index (χ1) is 8.18. The molecular weight excluding hydrogens is 234 g/mol. The highest BCUT2D eigenvalue weighted by molar-refractivity contribution is 7.99. The molecule has 2 aliphatic heterocycles. The van der Waals surface area contributed by atoms with E-state index < -0.39 is 0 Å². The van der Waals surface area contributed by atoms with E-state index in [9.17, 15) is 4.79 Å². The van der Waals surface area contributed by atoms with Crippen molar-refractivity contribution in [3.8, 4) is 0 Å². The zero-order valence-electron chi connectivity index (χ0n) is 10.8. The molecule has 2 unspecified atom stereocenters. The maximum atomic E-state index is 12.3. The van der Waals surface area contributed by atoms with Gasteiger partial charge in [0.25, 0.3) is 0 Å². The van der Waals surface area contributed by atoms with Crippen molar-refractivity contribution < 1.29 is 4.79 Å². The monoisotopic (exact) mass is 257 g/mol. The molecule has 0 bridgehead atoms. The molecule has 5 heteroatoms. The topological polar surface area (TPSA) is 35.6 Å². The number of likely N-dealkylation sites (N-methyl/N-ethyl adjacent to an activating group) is 2. The van der Waals surface area contributed by atoms with Crippen LogP contribution in [0.3, 0.4) is 0 Å². The van der Waals surface area contributed by atoms with E-state index >= 15 is 0 Å². The van der Waals surface area contributed by atoms with Gasteiger partial charge in [-0.3, -0.25) is 4.79 Å². The third-order valence-corrected chi connectivity index (χ3v) is 4.78. The first-order valence-corrected chi connectivity index (χ1v) is 7.60. The Morgan fingerprint density at radius 3 is 3.00 bits per heavy atom. The molecule has 0 aromatic carbocycles. The maximum Gasteiger partial charge on any atom is 0.240 e. The molecule has 2 atom stereocenters. The van der Waals surface area contributed by atoms with Gasteiger partial charge in [0.05, 0.1) is 6.04 Å². The van der Waals surface area contributed by atoms with Gasteiger partial charge in [0.2, 0.25) is 5.91 Å². The SMILES string of the molecule is CN1CCCC(N(C)C(=O)C2CSCCN2)C1. The Hall–Kier alpha value is -0.260. The van der Waals surface area contributed by atoms with Crippen molar-refractivity contribution in [3.05, 3.63) is 0 Å².